The number of Topliss-reactive ketones (excluding diaryl/α,β-unsaturated/α-hetero) is 1. The smallest absolute Gasteiger partial charge is 0.407 e. The molecule has 2 heterocycles. The van der Waals surface area contributed by atoms with Crippen molar-refractivity contribution in [2.24, 2.45) is 5.41 Å². The highest BCUT2D eigenvalue weighted by Crippen LogP contribution is 2.44. The van der Waals surface area contributed by atoms with Gasteiger partial charge >= 0.3 is 12.3 Å². The topological polar surface area (TPSA) is 126 Å². The molecule has 2 N–H and O–H groups in total. The van der Waals surface area contributed by atoms with E-state index in [1.165, 1.54) is 24.3 Å². The van der Waals surface area contributed by atoms with Crippen LogP contribution in [0.1, 0.15) is 72.4 Å². The highest BCUT2D eigenvalue weighted by atomic mass is 32.2. The monoisotopic (exact) mass is 795 g/mol. The van der Waals surface area contributed by atoms with Crippen molar-refractivity contribution in [3.63, 3.8) is 0 Å². The van der Waals surface area contributed by atoms with Gasteiger partial charge in [0.25, 0.3) is 0 Å². The lowest BCUT2D eigenvalue weighted by Gasteiger charge is -2.32. The van der Waals surface area contributed by atoms with Crippen molar-refractivity contribution in [3.05, 3.63) is 130 Å². The van der Waals surface area contributed by atoms with E-state index in [2.05, 4.69) is 10.3 Å². The van der Waals surface area contributed by atoms with Gasteiger partial charge < -0.3 is 15.2 Å². The van der Waals surface area contributed by atoms with Gasteiger partial charge in [-0.3, -0.25) is 9.78 Å². The Morgan fingerprint density at radius 2 is 1.51 bits per heavy atom. The molecule has 5 aromatic rings. The van der Waals surface area contributed by atoms with Gasteiger partial charge in [0.1, 0.15) is 6.04 Å². The average molecular weight is 796 g/mol. The fraction of sp³-hybridized carbons (Fsp3) is 0.341. The van der Waals surface area contributed by atoms with Gasteiger partial charge in [0.2, 0.25) is 10.0 Å². The van der Waals surface area contributed by atoms with Crippen LogP contribution in [0.3, 0.4) is 0 Å². The summed E-state index contributed by atoms with van der Waals surface area (Å²) in [6.45, 7) is 5.06. The van der Waals surface area contributed by atoms with E-state index in [0.29, 0.717) is 39.8 Å². The number of pyridine rings is 1. The van der Waals surface area contributed by atoms with Crippen LogP contribution in [-0.4, -0.2) is 67.2 Å². The maximum Gasteiger partial charge on any atom is 0.407 e. The lowest BCUT2D eigenvalue weighted by atomic mass is 9.81. The summed E-state index contributed by atoms with van der Waals surface area (Å²) in [6, 6.07) is 25.2. The molecule has 0 spiro atoms. The highest BCUT2D eigenvalue weighted by molar-refractivity contribution is 7.89. The standard InChI is InChI=1S/C41H44F3N3O6S2/c1-40(2,3)21-23-47(55(51,52)30-17-18-32-29(24-30)16-11-22-45-32)33(26-48)36-20-19-35(54-36)31(41(42,43)44)25-34(49)38(46-39(50)53-4)37(27-12-7-5-8-13-27)28-14-9-6-10-15-28/h5-20,22,24,31,33,37-38,48H,21,23,25-26H2,1-4H3,(H,46,50)/t31-,33-,38-/m1/s1. The quantitative estimate of drug-likeness (QED) is 0.109. The highest BCUT2D eigenvalue weighted by Gasteiger charge is 2.46. The summed E-state index contributed by atoms with van der Waals surface area (Å²) in [7, 11) is -3.20. The van der Waals surface area contributed by atoms with E-state index in [-0.39, 0.29) is 26.6 Å². The molecule has 0 saturated heterocycles. The van der Waals surface area contributed by atoms with Crippen LogP contribution in [0.25, 0.3) is 10.9 Å². The number of hydrogen-bond donors (Lipinski definition) is 2. The number of sulfonamides is 1. The summed E-state index contributed by atoms with van der Waals surface area (Å²) in [5.41, 5.74) is 1.45. The average Bonchev–Trinajstić information content (AvgIpc) is 3.64. The maximum absolute atomic E-state index is 15.0. The Hall–Kier alpha value is -4.63. The van der Waals surface area contributed by atoms with Crippen molar-refractivity contribution in [3.8, 4) is 0 Å². The van der Waals surface area contributed by atoms with Crippen molar-refractivity contribution in [1.29, 1.82) is 0 Å². The number of hydrogen-bond acceptors (Lipinski definition) is 8. The van der Waals surface area contributed by atoms with Crippen LogP contribution in [0.2, 0.25) is 0 Å². The fourth-order valence-electron chi connectivity index (χ4n) is 6.44. The molecule has 9 nitrogen and oxygen atoms in total. The Morgan fingerprint density at radius 3 is 2.07 bits per heavy atom. The van der Waals surface area contributed by atoms with Gasteiger partial charge in [0, 0.05) is 40.2 Å². The summed E-state index contributed by atoms with van der Waals surface area (Å²) >= 11 is 0.689. The first-order valence-electron chi connectivity index (χ1n) is 17.6. The van der Waals surface area contributed by atoms with Gasteiger partial charge in [-0.25, -0.2) is 13.2 Å². The number of alkyl carbamates (subject to hydrolysis) is 1. The number of halogens is 3. The Kier molecular flexibility index (Phi) is 13.2. The second-order valence-electron chi connectivity index (χ2n) is 14.4. The van der Waals surface area contributed by atoms with Crippen LogP contribution in [0.15, 0.2) is 114 Å². The van der Waals surface area contributed by atoms with Crippen LogP contribution in [0.5, 0.6) is 0 Å². The van der Waals surface area contributed by atoms with Gasteiger partial charge in [0.15, 0.2) is 5.78 Å². The third-order valence-corrected chi connectivity index (χ3v) is 12.6. The zero-order chi connectivity index (χ0) is 40.0. The Labute approximate surface area is 323 Å². The third-order valence-electron chi connectivity index (χ3n) is 9.36. The summed E-state index contributed by atoms with van der Waals surface area (Å²) in [6.07, 6.45) is -4.95. The van der Waals surface area contributed by atoms with Gasteiger partial charge in [-0.2, -0.15) is 17.5 Å². The molecule has 0 saturated carbocycles. The van der Waals surface area contributed by atoms with Crippen LogP contribution in [-0.2, 0) is 19.6 Å². The van der Waals surface area contributed by atoms with Crippen molar-refractivity contribution >= 4 is 44.1 Å². The number of carbonyl (C=O) groups is 2. The first-order chi connectivity index (χ1) is 26.0. The second kappa shape index (κ2) is 17.4. The molecule has 5 rings (SSSR count). The third kappa shape index (κ3) is 10.2. The molecule has 0 aliphatic rings. The summed E-state index contributed by atoms with van der Waals surface area (Å²) in [5, 5.41) is 13.8. The minimum Gasteiger partial charge on any atom is -0.453 e. The molecule has 3 aromatic carbocycles. The van der Waals surface area contributed by atoms with Crippen LogP contribution < -0.4 is 5.32 Å². The molecule has 55 heavy (non-hydrogen) atoms. The predicted octanol–water partition coefficient (Wildman–Crippen LogP) is 8.62. The van der Waals surface area contributed by atoms with Gasteiger partial charge in [0.05, 0.1) is 36.1 Å². The van der Waals surface area contributed by atoms with Crippen molar-refractivity contribution in [1.82, 2.24) is 14.6 Å². The van der Waals surface area contributed by atoms with Crippen LogP contribution in [0.4, 0.5) is 18.0 Å². The minimum atomic E-state index is -4.91. The molecule has 292 valence electrons. The largest absolute Gasteiger partial charge is 0.453 e. The van der Waals surface area contributed by atoms with E-state index in [4.69, 9.17) is 4.74 Å². The van der Waals surface area contributed by atoms with Crippen molar-refractivity contribution < 1.29 is 41.0 Å². The number of aliphatic hydroxyl groups excluding tert-OH is 1. The van der Waals surface area contributed by atoms with E-state index in [9.17, 15) is 23.1 Å². The number of thiophene rings is 1. The zero-order valence-electron chi connectivity index (χ0n) is 30.9. The second-order valence-corrected chi connectivity index (χ2v) is 17.4. The number of carbonyl (C=O) groups excluding carboxylic acids is 2. The Morgan fingerprint density at radius 1 is 0.891 bits per heavy atom. The maximum atomic E-state index is 15.0. The molecule has 2 aromatic heterocycles. The number of methoxy groups -OCH3 is 1. The molecule has 14 heteroatoms. The number of aliphatic hydroxyl groups is 1. The van der Waals surface area contributed by atoms with Gasteiger partial charge in [-0.05, 0) is 59.4 Å². The first-order valence-corrected chi connectivity index (χ1v) is 19.9. The van der Waals surface area contributed by atoms with E-state index >= 15 is 13.2 Å². The lowest BCUT2D eigenvalue weighted by molar-refractivity contribution is -0.156. The Balaban J connectivity index is 1.52. The molecule has 0 aliphatic carbocycles. The molecule has 1 amide bonds. The molecule has 0 fully saturated rings. The SMILES string of the molecule is COC(=O)N[C@H](C(=O)C[C@H](c1ccc([C@@H](CO)N(CCC(C)(C)C)S(=O)(=O)c2ccc3ncccc3c2)s1)C(F)(F)F)C(c1ccccc1)c1ccccc1. The molecule has 3 atom stereocenters. The van der Waals surface area contributed by atoms with E-state index in [1.807, 2.05) is 20.8 Å². The fourth-order valence-corrected chi connectivity index (χ4v) is 9.38. The molecular formula is C41H44F3N3O6S2. The van der Waals surface area contributed by atoms with E-state index in [0.717, 1.165) is 11.4 Å². The van der Waals surface area contributed by atoms with E-state index in [1.54, 1.807) is 85.1 Å². The molecular weight excluding hydrogens is 752 g/mol. The lowest BCUT2D eigenvalue weighted by Crippen LogP contribution is -2.46. The van der Waals surface area contributed by atoms with Crippen LogP contribution in [0, 0.1) is 5.41 Å². The number of fused-ring (bicyclic) bond motifs is 1. The number of ketones is 1. The number of aromatic nitrogens is 1. The zero-order valence-corrected chi connectivity index (χ0v) is 32.5. The van der Waals surface area contributed by atoms with E-state index < -0.39 is 65.0 Å². The number of rotatable bonds is 15. The molecule has 0 unspecified atom stereocenters. The Bertz CT molecular complexity index is 2130. The summed E-state index contributed by atoms with van der Waals surface area (Å²) in [5.74, 6) is -4.05. The number of alkyl halides is 3. The van der Waals surface area contributed by atoms with Crippen molar-refractivity contribution in [2.45, 2.75) is 68.6 Å². The normalized spacial score (nSPS) is 14.1. The predicted molar refractivity (Wildman–Crippen MR) is 206 cm³/mol. The molecule has 0 bridgehead atoms. The first kappa shape index (κ1) is 41.5. The minimum absolute atomic E-state index is 0.0300. The van der Waals surface area contributed by atoms with Gasteiger partial charge in [-0.1, -0.05) is 87.5 Å². The molecule has 0 aliphatic heterocycles. The van der Waals surface area contributed by atoms with Gasteiger partial charge in [-0.15, -0.1) is 11.3 Å². The number of nitrogens with one attached hydrogen (secondary N) is 1. The van der Waals surface area contributed by atoms with Crippen molar-refractivity contribution in [2.75, 3.05) is 20.3 Å². The number of amides is 1. The summed E-state index contributed by atoms with van der Waals surface area (Å²) in [4.78, 5) is 30.9. The number of benzene rings is 3. The van der Waals surface area contributed by atoms with Crippen LogP contribution >= 0.6 is 11.3 Å². The number of ether oxygens (including phenoxy) is 1. The summed E-state index contributed by atoms with van der Waals surface area (Å²) < 4.78 is 79.7. The molecule has 0 radical (unpaired) electrons. The number of nitrogens with zero attached hydrogens (tertiary/aromatic N) is 2.